The van der Waals surface area contributed by atoms with E-state index >= 15 is 0 Å². The zero-order chi connectivity index (χ0) is 17.9. The highest BCUT2D eigenvalue weighted by Crippen LogP contribution is 2.38. The molecule has 132 valence electrons. The van der Waals surface area contributed by atoms with Crippen LogP contribution in [0.25, 0.3) is 0 Å². The van der Waals surface area contributed by atoms with Crippen LogP contribution >= 0.6 is 23.1 Å². The van der Waals surface area contributed by atoms with Crippen LogP contribution in [-0.4, -0.2) is 12.2 Å². The van der Waals surface area contributed by atoms with E-state index in [1.807, 2.05) is 18.2 Å². The zero-order valence-corrected chi connectivity index (χ0v) is 16.0. The predicted molar refractivity (Wildman–Crippen MR) is 109 cm³/mol. The van der Waals surface area contributed by atoms with E-state index < -0.39 is 0 Å². The van der Waals surface area contributed by atoms with Gasteiger partial charge in [-0.25, -0.2) is 0 Å². The topological polar surface area (TPSA) is 32.7 Å². The summed E-state index contributed by atoms with van der Waals surface area (Å²) in [7, 11) is 1.68. The van der Waals surface area contributed by atoms with Crippen molar-refractivity contribution in [3.05, 3.63) is 77.3 Å². The van der Waals surface area contributed by atoms with Gasteiger partial charge >= 0.3 is 0 Å². The molecule has 5 heteroatoms. The summed E-state index contributed by atoms with van der Waals surface area (Å²) in [4.78, 5) is 4.59. The van der Waals surface area contributed by atoms with Crippen molar-refractivity contribution in [1.82, 2.24) is 0 Å². The molecule has 0 saturated heterocycles. The Bertz CT molecular complexity index is 931. The summed E-state index contributed by atoms with van der Waals surface area (Å²) in [5.41, 5.74) is 2.09. The van der Waals surface area contributed by atoms with E-state index in [2.05, 4.69) is 47.5 Å². The van der Waals surface area contributed by atoms with Gasteiger partial charge in [0.25, 0.3) is 0 Å². The Kier molecular flexibility index (Phi) is 4.91. The Hall–Kier alpha value is -2.37. The van der Waals surface area contributed by atoms with Crippen LogP contribution in [0.3, 0.4) is 0 Å². The van der Waals surface area contributed by atoms with Gasteiger partial charge in [0.2, 0.25) is 0 Å². The summed E-state index contributed by atoms with van der Waals surface area (Å²) in [6.45, 7) is 0.759. The number of nitrogens with zero attached hydrogens (tertiary/aromatic N) is 1. The van der Waals surface area contributed by atoms with Gasteiger partial charge in [0, 0.05) is 16.0 Å². The Morgan fingerprint density at radius 3 is 2.77 bits per heavy atom. The molecule has 1 aliphatic rings. The van der Waals surface area contributed by atoms with Crippen LogP contribution in [-0.2, 0) is 13.0 Å². The molecule has 3 nitrogen and oxygen atoms in total. The lowest BCUT2D eigenvalue weighted by molar-refractivity contribution is 0.414. The standard InChI is InChI=1S/C21H19NO2S2/c1-24-16-7-9-17(10-8-16)25-20-12-11-18(26-20)14-22-13-3-5-15-4-2-6-19(23)21(15)22/h2-4,6-13,23H,5,14H2,1H3. The van der Waals surface area contributed by atoms with Crippen molar-refractivity contribution in [1.29, 1.82) is 0 Å². The van der Waals surface area contributed by atoms with Crippen LogP contribution in [0.4, 0.5) is 5.69 Å². The molecule has 0 saturated carbocycles. The molecule has 26 heavy (non-hydrogen) atoms. The highest BCUT2D eigenvalue weighted by Gasteiger charge is 2.17. The molecule has 1 aromatic heterocycles. The number of phenols is 1. The highest BCUT2D eigenvalue weighted by atomic mass is 32.2. The van der Waals surface area contributed by atoms with Gasteiger partial charge in [-0.2, -0.15) is 0 Å². The van der Waals surface area contributed by atoms with E-state index in [1.165, 1.54) is 14.0 Å². The van der Waals surface area contributed by atoms with Gasteiger partial charge in [-0.3, -0.25) is 0 Å². The molecule has 0 aliphatic carbocycles. The number of rotatable bonds is 5. The lowest BCUT2D eigenvalue weighted by Crippen LogP contribution is -2.19. The van der Waals surface area contributed by atoms with Gasteiger partial charge < -0.3 is 14.7 Å². The maximum Gasteiger partial charge on any atom is 0.139 e. The largest absolute Gasteiger partial charge is 0.506 e. The van der Waals surface area contributed by atoms with Crippen LogP contribution < -0.4 is 9.64 Å². The van der Waals surface area contributed by atoms with E-state index in [0.717, 1.165) is 30.0 Å². The Labute approximate surface area is 161 Å². The van der Waals surface area contributed by atoms with Gasteiger partial charge in [-0.05, 0) is 54.4 Å². The molecule has 0 fully saturated rings. The third-order valence-corrected chi connectivity index (χ3v) is 6.46. The van der Waals surface area contributed by atoms with E-state index in [4.69, 9.17) is 4.74 Å². The van der Waals surface area contributed by atoms with E-state index in [9.17, 15) is 5.11 Å². The lowest BCUT2D eigenvalue weighted by Gasteiger charge is -2.26. The second kappa shape index (κ2) is 7.48. The molecule has 3 aromatic rings. The van der Waals surface area contributed by atoms with Crippen molar-refractivity contribution in [2.45, 2.75) is 22.1 Å². The minimum Gasteiger partial charge on any atom is -0.506 e. The maximum atomic E-state index is 10.3. The minimum absolute atomic E-state index is 0.344. The van der Waals surface area contributed by atoms with Crippen molar-refractivity contribution in [3.63, 3.8) is 0 Å². The number of aromatic hydroxyl groups is 1. The Morgan fingerprint density at radius 1 is 1.12 bits per heavy atom. The fraction of sp³-hybridized carbons (Fsp3) is 0.143. The number of ether oxygens (including phenoxy) is 1. The molecule has 1 aliphatic heterocycles. The van der Waals surface area contributed by atoms with Gasteiger partial charge in [0.15, 0.2) is 0 Å². The number of methoxy groups -OCH3 is 1. The van der Waals surface area contributed by atoms with Crippen LogP contribution in [0.5, 0.6) is 11.5 Å². The first-order valence-electron chi connectivity index (χ1n) is 8.38. The summed E-state index contributed by atoms with van der Waals surface area (Å²) < 4.78 is 6.46. The molecule has 4 rings (SSSR count). The first-order valence-corrected chi connectivity index (χ1v) is 10.0. The monoisotopic (exact) mass is 381 g/mol. The first-order chi connectivity index (χ1) is 12.7. The second-order valence-corrected chi connectivity index (χ2v) is 8.54. The van der Waals surface area contributed by atoms with Crippen molar-refractivity contribution in [2.75, 3.05) is 12.0 Å². The number of hydrogen-bond donors (Lipinski definition) is 1. The molecule has 0 spiro atoms. The van der Waals surface area contributed by atoms with Crippen LogP contribution in [0, 0.1) is 0 Å². The molecular formula is C21H19NO2S2. The minimum atomic E-state index is 0.344. The molecule has 0 unspecified atom stereocenters. The van der Waals surface area contributed by atoms with Crippen molar-refractivity contribution in [3.8, 4) is 11.5 Å². The average Bonchev–Trinajstić information content (AvgIpc) is 3.09. The molecule has 0 radical (unpaired) electrons. The normalized spacial score (nSPS) is 12.9. The van der Waals surface area contributed by atoms with E-state index in [1.54, 1.807) is 36.3 Å². The number of benzene rings is 2. The van der Waals surface area contributed by atoms with E-state index in [-0.39, 0.29) is 0 Å². The summed E-state index contributed by atoms with van der Waals surface area (Å²) in [5, 5.41) is 10.3. The van der Waals surface area contributed by atoms with Gasteiger partial charge in [0.1, 0.15) is 11.5 Å². The number of fused-ring (bicyclic) bond motifs is 1. The number of thiophene rings is 1. The predicted octanol–water partition coefficient (Wildman–Crippen LogP) is 5.69. The molecule has 2 aromatic carbocycles. The fourth-order valence-electron chi connectivity index (χ4n) is 3.01. The average molecular weight is 382 g/mol. The SMILES string of the molecule is COc1ccc(Sc2ccc(CN3C=CCc4cccc(O)c43)s2)cc1. The van der Waals surface area contributed by atoms with Crippen LogP contribution in [0.1, 0.15) is 10.4 Å². The number of hydrogen-bond acceptors (Lipinski definition) is 5. The van der Waals surface area contributed by atoms with Crippen molar-refractivity contribution in [2.24, 2.45) is 0 Å². The summed E-state index contributed by atoms with van der Waals surface area (Å²) in [6.07, 6.45) is 5.07. The number of anilines is 1. The number of phenolic OH excluding ortho intramolecular Hbond substituents is 1. The summed E-state index contributed by atoms with van der Waals surface area (Å²) >= 11 is 3.54. The summed E-state index contributed by atoms with van der Waals surface area (Å²) in [5.74, 6) is 1.22. The quantitative estimate of drug-likeness (QED) is 0.615. The second-order valence-electron chi connectivity index (χ2n) is 6.00. The Balaban J connectivity index is 1.49. The molecule has 2 heterocycles. The third kappa shape index (κ3) is 3.59. The molecule has 0 bridgehead atoms. The number of allylic oxidation sites excluding steroid dienone is 1. The Morgan fingerprint density at radius 2 is 1.96 bits per heavy atom. The van der Waals surface area contributed by atoms with Crippen molar-refractivity contribution >= 4 is 28.8 Å². The van der Waals surface area contributed by atoms with Crippen LogP contribution in [0.2, 0.25) is 0 Å². The van der Waals surface area contributed by atoms with Gasteiger partial charge in [0.05, 0.1) is 23.6 Å². The van der Waals surface area contributed by atoms with Crippen LogP contribution in [0.15, 0.2) is 76.0 Å². The van der Waals surface area contributed by atoms with E-state index in [0.29, 0.717) is 5.75 Å². The zero-order valence-electron chi connectivity index (χ0n) is 14.4. The molecule has 0 amide bonds. The van der Waals surface area contributed by atoms with Crippen molar-refractivity contribution < 1.29 is 9.84 Å². The molecular weight excluding hydrogens is 362 g/mol. The lowest BCUT2D eigenvalue weighted by atomic mass is 10.0. The molecule has 1 N–H and O–H groups in total. The van der Waals surface area contributed by atoms with Gasteiger partial charge in [-0.1, -0.05) is 30.0 Å². The maximum absolute atomic E-state index is 10.3. The first kappa shape index (κ1) is 17.1. The fourth-order valence-corrected chi connectivity index (χ4v) is 5.16. The third-order valence-electron chi connectivity index (χ3n) is 4.25. The highest BCUT2D eigenvalue weighted by molar-refractivity contribution is 8.01. The number of para-hydroxylation sites is 1. The summed E-state index contributed by atoms with van der Waals surface area (Å²) in [6, 6.07) is 18.2. The van der Waals surface area contributed by atoms with Gasteiger partial charge in [-0.15, -0.1) is 11.3 Å². The smallest absolute Gasteiger partial charge is 0.139 e. The molecule has 0 atom stereocenters.